The molecule has 1 aromatic heterocycles. The van der Waals surface area contributed by atoms with E-state index in [-0.39, 0.29) is 0 Å². The van der Waals surface area contributed by atoms with E-state index in [0.29, 0.717) is 10.7 Å². The summed E-state index contributed by atoms with van der Waals surface area (Å²) in [7, 11) is -2.95. The molecule has 2 heterocycles. The zero-order valence-corrected chi connectivity index (χ0v) is 14.0. The number of aromatic amines is 1. The molecule has 0 unspecified atom stereocenters. The van der Waals surface area contributed by atoms with Gasteiger partial charge in [0, 0.05) is 6.20 Å². The summed E-state index contributed by atoms with van der Waals surface area (Å²) in [6.45, 7) is 0. The number of hydrogen-bond donors (Lipinski definition) is 2. The van der Waals surface area contributed by atoms with E-state index in [0.717, 1.165) is 11.3 Å². The number of fused-ring (bicyclic) bond motifs is 1. The van der Waals surface area contributed by atoms with Crippen LogP contribution in [0.1, 0.15) is 0 Å². The van der Waals surface area contributed by atoms with Gasteiger partial charge in [0.2, 0.25) is 5.35 Å². The average molecular weight is 382 g/mol. The number of aromatic nitrogens is 3. The van der Waals surface area contributed by atoms with Gasteiger partial charge in [-0.1, -0.05) is 5.21 Å². The fourth-order valence-corrected chi connectivity index (χ4v) is 1.91. The Morgan fingerprint density at radius 1 is 1.04 bits per heavy atom. The van der Waals surface area contributed by atoms with Gasteiger partial charge in [-0.15, -0.1) is 4.85 Å². The van der Waals surface area contributed by atoms with Crippen molar-refractivity contribution in [1.29, 1.82) is 0 Å². The molecule has 2 rings (SSSR count). The van der Waals surface area contributed by atoms with Crippen LogP contribution >= 0.6 is 7.81 Å². The Morgan fingerprint density at radius 3 is 1.92 bits per heavy atom. The average Bonchev–Trinajstić information content (AvgIpc) is 2.63. The van der Waals surface area contributed by atoms with Crippen LogP contribution in [-0.2, 0) is 0 Å². The Kier molecular flexibility index (Phi) is 4.50. The number of halogens is 6. The molecule has 0 amide bonds. The van der Waals surface area contributed by atoms with E-state index in [1.807, 2.05) is 50.1 Å². The van der Waals surface area contributed by atoms with Gasteiger partial charge in [0.25, 0.3) is 5.82 Å². The fraction of sp³-hybridized carbons (Fsp3) is 0.400. The first-order valence-corrected chi connectivity index (χ1v) is 8.32. The number of nitrogens with one attached hydrogen (secondary N) is 2. The number of anilines is 1. The van der Waals surface area contributed by atoms with Gasteiger partial charge in [-0.2, -0.15) is 0 Å². The second-order valence-electron chi connectivity index (χ2n) is 5.18. The van der Waals surface area contributed by atoms with Gasteiger partial charge in [0.15, 0.2) is 0 Å². The van der Waals surface area contributed by atoms with E-state index >= 15 is 0 Å². The van der Waals surface area contributed by atoms with E-state index in [1.165, 1.54) is 0 Å². The Hall–Kier alpha value is -2.17. The van der Waals surface area contributed by atoms with E-state index < -0.39 is 7.81 Å². The Bertz CT molecular complexity index is 745. The van der Waals surface area contributed by atoms with Crippen molar-refractivity contribution in [2.45, 2.75) is 0 Å². The van der Waals surface area contributed by atoms with Crippen LogP contribution < -0.4 is 19.9 Å². The van der Waals surface area contributed by atoms with Crippen molar-refractivity contribution in [1.82, 2.24) is 15.0 Å². The van der Waals surface area contributed by atoms with Gasteiger partial charge in [0.05, 0.1) is 28.2 Å². The number of H-pyrrole nitrogens is 1. The standard InChI is InChI=1S/C10H17N6O.F6P/c1-13(2)10(14(3)4)15-8-6-5-7-11-9(8)16(17)12-15;1-7(2,3,4,5)6/h5-7,11-12H,1-4H3;/q+1;-1. The molecule has 0 saturated heterocycles. The van der Waals surface area contributed by atoms with Crippen molar-refractivity contribution in [3.05, 3.63) is 28.8 Å². The zero-order chi connectivity index (χ0) is 19.0. The summed E-state index contributed by atoms with van der Waals surface area (Å²) in [6, 6.07) is 0. The summed E-state index contributed by atoms with van der Waals surface area (Å²) in [5.74, 6) is 1.36. The third kappa shape index (κ3) is 6.52. The van der Waals surface area contributed by atoms with Crippen molar-refractivity contribution in [3.8, 4) is 0 Å². The predicted octanol–water partition coefficient (Wildman–Crippen LogP) is 1.46. The van der Waals surface area contributed by atoms with E-state index in [9.17, 15) is 30.4 Å². The number of rotatable bonds is 2. The third-order valence-corrected chi connectivity index (χ3v) is 2.45. The minimum atomic E-state index is -10.7. The topological polar surface area (TPSA) is 67.1 Å². The molecular formula is C10H17F6N6OP. The summed E-state index contributed by atoms with van der Waals surface area (Å²) in [5.41, 5.74) is 0. The summed E-state index contributed by atoms with van der Waals surface area (Å²) < 4.78 is 60.9. The molecule has 24 heavy (non-hydrogen) atoms. The van der Waals surface area contributed by atoms with E-state index in [2.05, 4.69) is 10.5 Å². The third-order valence-electron chi connectivity index (χ3n) is 2.45. The van der Waals surface area contributed by atoms with Crippen molar-refractivity contribution in [2.75, 3.05) is 33.5 Å². The van der Waals surface area contributed by atoms with Gasteiger partial charge < -0.3 is 10.5 Å². The molecule has 0 bridgehead atoms. The minimum absolute atomic E-state index is 0.494. The maximum atomic E-state index is 11.7. The molecule has 1 aliphatic rings. The molecule has 0 atom stereocenters. The summed E-state index contributed by atoms with van der Waals surface area (Å²) in [5, 5.41) is 18.2. The van der Waals surface area contributed by atoms with Crippen LogP contribution in [0.2, 0.25) is 0 Å². The maximum absolute atomic E-state index is 11.7. The van der Waals surface area contributed by atoms with Crippen molar-refractivity contribution in [3.63, 3.8) is 0 Å². The first kappa shape index (κ1) is 19.9. The first-order chi connectivity index (χ1) is 10.5. The molecule has 0 aliphatic carbocycles. The normalized spacial score (nSPS) is 15.6. The second kappa shape index (κ2) is 5.43. The monoisotopic (exact) mass is 382 g/mol. The number of allylic oxidation sites excluding steroid dienone is 1. The molecule has 1 aliphatic heterocycles. The molecular weight excluding hydrogens is 365 g/mol. The van der Waals surface area contributed by atoms with Crippen LogP contribution in [0.4, 0.5) is 31.0 Å². The van der Waals surface area contributed by atoms with Crippen LogP contribution in [0.5, 0.6) is 0 Å². The van der Waals surface area contributed by atoms with Gasteiger partial charge in [-0.3, -0.25) is 0 Å². The predicted molar refractivity (Wildman–Crippen MR) is 76.4 cm³/mol. The Morgan fingerprint density at radius 2 is 1.50 bits per heavy atom. The summed E-state index contributed by atoms with van der Waals surface area (Å²) in [4.78, 5) is 4.58. The first-order valence-electron chi connectivity index (χ1n) is 6.29. The Labute approximate surface area is 132 Å². The van der Waals surface area contributed by atoms with Crippen molar-refractivity contribution >= 4 is 19.7 Å². The SMILES string of the molecule is CN(C)C(N(C)C)=[n+]1[nH][n+]([O-])c2c1=CC=CN2.F[P-](F)(F)(F)(F)F. The molecule has 140 valence electrons. The van der Waals surface area contributed by atoms with Gasteiger partial charge in [-0.05, 0) is 16.5 Å². The van der Waals surface area contributed by atoms with E-state index in [1.54, 1.807) is 10.6 Å². The molecule has 7 nitrogen and oxygen atoms in total. The molecule has 14 heteroatoms. The molecule has 0 radical (unpaired) electrons. The van der Waals surface area contributed by atoms with Crippen LogP contribution in [0.15, 0.2) is 12.3 Å². The van der Waals surface area contributed by atoms with Crippen LogP contribution in [-0.4, -0.2) is 43.2 Å². The van der Waals surface area contributed by atoms with Crippen molar-refractivity contribution < 1.29 is 34.4 Å². The van der Waals surface area contributed by atoms with Crippen LogP contribution in [0, 0.1) is 11.2 Å². The molecule has 0 aromatic carbocycles. The number of hydrogen-bond acceptors (Lipinski definition) is 4. The molecule has 2 N–H and O–H groups in total. The van der Waals surface area contributed by atoms with Crippen molar-refractivity contribution in [2.24, 2.45) is 0 Å². The second-order valence-corrected chi connectivity index (χ2v) is 7.10. The quantitative estimate of drug-likeness (QED) is 0.352. The van der Waals surface area contributed by atoms with Gasteiger partial charge in [-0.25, -0.2) is 9.80 Å². The molecule has 0 fully saturated rings. The fourth-order valence-electron chi connectivity index (χ4n) is 1.91. The zero-order valence-electron chi connectivity index (χ0n) is 13.1. The van der Waals surface area contributed by atoms with E-state index in [4.69, 9.17) is 0 Å². The van der Waals surface area contributed by atoms with Crippen LogP contribution in [0.25, 0.3) is 6.08 Å². The summed E-state index contributed by atoms with van der Waals surface area (Å²) >= 11 is 0. The summed E-state index contributed by atoms with van der Waals surface area (Å²) in [6.07, 6.45) is 5.46. The Balaban J connectivity index is 0.000000351. The molecule has 1 aromatic rings. The molecule has 0 spiro atoms. The van der Waals surface area contributed by atoms with Gasteiger partial charge in [0.1, 0.15) is 0 Å². The van der Waals surface area contributed by atoms with Crippen LogP contribution in [0.3, 0.4) is 0 Å². The van der Waals surface area contributed by atoms with Gasteiger partial charge >= 0.3 is 38.9 Å². The number of nitrogens with zero attached hydrogens (tertiary/aromatic N) is 4. The molecule has 0 saturated carbocycles.